The number of carbonyl (C=O) groups excluding carboxylic acids is 1. The van der Waals surface area contributed by atoms with Gasteiger partial charge in [-0.25, -0.2) is 0 Å². The van der Waals surface area contributed by atoms with E-state index >= 15 is 0 Å². The highest BCUT2D eigenvalue weighted by atomic mass is 16.7. The number of cyclic esters (lactones) is 1. The van der Waals surface area contributed by atoms with Crippen molar-refractivity contribution in [3.63, 3.8) is 0 Å². The van der Waals surface area contributed by atoms with Gasteiger partial charge < -0.3 is 63.4 Å². The number of rotatable bonds is 18. The predicted molar refractivity (Wildman–Crippen MR) is 263 cm³/mol. The topological polar surface area (TPSA) is 173 Å². The van der Waals surface area contributed by atoms with Crippen LogP contribution in [0.15, 0.2) is 24.3 Å². The van der Waals surface area contributed by atoms with Crippen molar-refractivity contribution in [2.24, 2.45) is 17.8 Å². The maximum atomic E-state index is 14.5. The van der Waals surface area contributed by atoms with E-state index in [2.05, 4.69) is 30.1 Å². The van der Waals surface area contributed by atoms with Gasteiger partial charge in [0.05, 0.1) is 49.1 Å². The Morgan fingerprint density at radius 2 is 1.63 bits per heavy atom. The number of para-hydroxylation sites is 1. The number of aliphatic hydroxyl groups is 3. The van der Waals surface area contributed by atoms with E-state index in [-0.39, 0.29) is 43.1 Å². The molecule has 0 unspecified atom stereocenters. The van der Waals surface area contributed by atoms with Gasteiger partial charge in [0.25, 0.3) is 0 Å². The zero-order valence-electron chi connectivity index (χ0n) is 44.9. The molecule has 16 nitrogen and oxygen atoms in total. The Kier molecular flexibility index (Phi) is 22.0. The van der Waals surface area contributed by atoms with E-state index in [0.717, 1.165) is 30.8 Å². The largest absolute Gasteiger partial charge is 0.496 e. The predicted octanol–water partition coefficient (Wildman–Crippen LogP) is 5.25. The van der Waals surface area contributed by atoms with Crippen LogP contribution in [0.4, 0.5) is 0 Å². The van der Waals surface area contributed by atoms with Gasteiger partial charge in [0.2, 0.25) is 0 Å². The minimum Gasteiger partial charge on any atom is -0.496 e. The number of nitrogens with one attached hydrogen (secondary N) is 1. The van der Waals surface area contributed by atoms with E-state index in [9.17, 15) is 20.1 Å². The molecule has 0 amide bonds. The van der Waals surface area contributed by atoms with E-state index in [1.165, 1.54) is 0 Å². The summed E-state index contributed by atoms with van der Waals surface area (Å²) in [6.45, 7) is 24.7. The fraction of sp³-hybridized carbons (Fsp3) is 0.865. The molecule has 3 aliphatic heterocycles. The summed E-state index contributed by atoms with van der Waals surface area (Å²) in [6, 6.07) is 7.78. The van der Waals surface area contributed by atoms with Gasteiger partial charge in [-0.05, 0) is 127 Å². The van der Waals surface area contributed by atoms with Gasteiger partial charge >= 0.3 is 5.97 Å². The van der Waals surface area contributed by atoms with Crippen LogP contribution in [-0.4, -0.2) is 195 Å². The third kappa shape index (κ3) is 13.5. The highest BCUT2D eigenvalue weighted by Gasteiger charge is 2.58. The van der Waals surface area contributed by atoms with Crippen molar-refractivity contribution in [2.45, 2.75) is 199 Å². The minimum absolute atomic E-state index is 0.139. The molecular weight excluding hydrogens is 873 g/mol. The molecule has 0 aromatic heterocycles. The van der Waals surface area contributed by atoms with Gasteiger partial charge in [0, 0.05) is 63.3 Å². The lowest BCUT2D eigenvalue weighted by Crippen LogP contribution is -2.70. The van der Waals surface area contributed by atoms with Crippen LogP contribution in [0.25, 0.3) is 0 Å². The number of benzene rings is 1. The van der Waals surface area contributed by atoms with Gasteiger partial charge in [-0.15, -0.1) is 0 Å². The molecule has 16 heteroatoms. The Bertz CT molecular complexity index is 1680. The molecule has 3 heterocycles. The standard InChI is InChI=1S/C52H94N4O12/c1-18-39-30-55(14)37(8)44(57)32(3)28-50(10,62-16)47(68-49-45(58)41(54(12)13)27-33(4)64-49)34(5)46(35(6)48(59)66-39)67-43-29-51(11,63-17)52(60,38(9)65-43)31-53-25-22-26-56(19-2)36(7)40-23-20-21-24-42(40)61-15/h20-21,23-24,32-39,41,43-47,49,53,57-58,60H,18-19,22,25-31H2,1-17H3/t32-,33-,34+,35-,36+,37+,38+,39-,41+,43+,44+,45-,46+,47-,49+,50+,51-,52+/m1/s1. The molecule has 394 valence electrons. The van der Waals surface area contributed by atoms with Gasteiger partial charge in [-0.1, -0.05) is 45.9 Å². The van der Waals surface area contributed by atoms with Gasteiger partial charge in [0.1, 0.15) is 29.2 Å². The molecule has 3 aliphatic rings. The highest BCUT2D eigenvalue weighted by Crippen LogP contribution is 2.44. The normalized spacial score (nSPS) is 39.9. The molecule has 1 aromatic carbocycles. The van der Waals surface area contributed by atoms with Gasteiger partial charge in [0.15, 0.2) is 12.6 Å². The van der Waals surface area contributed by atoms with Crippen LogP contribution in [0.5, 0.6) is 5.75 Å². The SMILES string of the molecule is CC[C@@H]1CN(C)[C@@H](C)[C@@H](O)[C@H](C)C[C@](C)(OC)[C@H](O[C@@H]2O[C@H](C)C[C@H](N(C)C)[C@H]2O)[C@@H](C)[C@H](O[C@H]2C[C@@](C)(OC)[C@](O)(CNCCCN(CC)[C@@H](C)c3ccccc3OC)[C@H](C)O2)[C@@H](C)C(=O)O1. The van der Waals surface area contributed by atoms with E-state index in [4.69, 9.17) is 37.9 Å². The third-order valence-electron chi connectivity index (χ3n) is 16.2. The first kappa shape index (κ1) is 58.5. The second-order valence-corrected chi connectivity index (χ2v) is 21.1. The molecule has 1 aromatic rings. The van der Waals surface area contributed by atoms with Crippen molar-refractivity contribution in [3.8, 4) is 5.75 Å². The number of aliphatic hydroxyl groups excluding tert-OH is 2. The molecule has 0 aliphatic carbocycles. The lowest BCUT2D eigenvalue weighted by atomic mass is 9.75. The van der Waals surface area contributed by atoms with Crippen molar-refractivity contribution in [1.29, 1.82) is 0 Å². The van der Waals surface area contributed by atoms with Crippen LogP contribution in [0, 0.1) is 17.8 Å². The van der Waals surface area contributed by atoms with E-state index in [1.54, 1.807) is 28.3 Å². The van der Waals surface area contributed by atoms with Crippen molar-refractivity contribution in [3.05, 3.63) is 29.8 Å². The van der Waals surface area contributed by atoms with E-state index in [0.29, 0.717) is 32.4 Å². The summed E-state index contributed by atoms with van der Waals surface area (Å²) in [5, 5.41) is 39.7. The first-order valence-corrected chi connectivity index (χ1v) is 25.4. The molecule has 3 fully saturated rings. The molecule has 0 saturated carbocycles. The lowest BCUT2D eigenvalue weighted by molar-refractivity contribution is -0.337. The number of methoxy groups -OCH3 is 3. The zero-order valence-corrected chi connectivity index (χ0v) is 44.9. The molecule has 4 rings (SSSR count). The lowest BCUT2D eigenvalue weighted by Gasteiger charge is -2.54. The molecule has 3 saturated heterocycles. The summed E-state index contributed by atoms with van der Waals surface area (Å²) in [5.74, 6) is -1.31. The summed E-state index contributed by atoms with van der Waals surface area (Å²) in [7, 11) is 10.7. The molecule has 0 spiro atoms. The Hall–Kier alpha value is -2.03. The zero-order chi connectivity index (χ0) is 50.9. The van der Waals surface area contributed by atoms with Crippen molar-refractivity contribution < 1.29 is 58.0 Å². The number of likely N-dealkylation sites (N-methyl/N-ethyl adjacent to an activating group) is 2. The molecule has 68 heavy (non-hydrogen) atoms. The maximum absolute atomic E-state index is 14.5. The number of ether oxygens (including phenoxy) is 8. The maximum Gasteiger partial charge on any atom is 0.311 e. The quantitative estimate of drug-likeness (QED) is 0.111. The fourth-order valence-electron chi connectivity index (χ4n) is 11.1. The van der Waals surface area contributed by atoms with E-state index < -0.39 is 83.8 Å². The number of carbonyl (C=O) groups is 1. The van der Waals surface area contributed by atoms with Crippen LogP contribution in [0.2, 0.25) is 0 Å². The second-order valence-electron chi connectivity index (χ2n) is 21.1. The molecule has 0 radical (unpaired) electrons. The van der Waals surface area contributed by atoms with Crippen LogP contribution in [-0.2, 0) is 38.0 Å². The number of hydrogen-bond donors (Lipinski definition) is 4. The monoisotopic (exact) mass is 967 g/mol. The van der Waals surface area contributed by atoms with Gasteiger partial charge in [-0.3, -0.25) is 14.6 Å². The molecule has 0 bridgehead atoms. The summed E-state index contributed by atoms with van der Waals surface area (Å²) in [4.78, 5) is 20.9. The van der Waals surface area contributed by atoms with Crippen LogP contribution in [0.1, 0.15) is 120 Å². The minimum atomic E-state index is -1.46. The summed E-state index contributed by atoms with van der Waals surface area (Å²) < 4.78 is 51.7. The Labute approximate surface area is 409 Å². The van der Waals surface area contributed by atoms with Crippen LogP contribution in [0.3, 0.4) is 0 Å². The molecular formula is C52H94N4O12. The van der Waals surface area contributed by atoms with Crippen molar-refractivity contribution >= 4 is 5.97 Å². The Morgan fingerprint density at radius 1 is 0.956 bits per heavy atom. The van der Waals surface area contributed by atoms with E-state index in [1.807, 2.05) is 105 Å². The number of esters is 1. The first-order chi connectivity index (χ1) is 32.0. The van der Waals surface area contributed by atoms with Gasteiger partial charge in [-0.2, -0.15) is 0 Å². The first-order valence-electron chi connectivity index (χ1n) is 25.4. The molecule has 18 atom stereocenters. The van der Waals surface area contributed by atoms with Crippen LogP contribution >= 0.6 is 0 Å². The van der Waals surface area contributed by atoms with Crippen LogP contribution < -0.4 is 10.1 Å². The van der Waals surface area contributed by atoms with Crippen molar-refractivity contribution in [1.82, 2.24) is 20.0 Å². The van der Waals surface area contributed by atoms with Crippen molar-refractivity contribution in [2.75, 3.05) is 75.2 Å². The summed E-state index contributed by atoms with van der Waals surface area (Å²) in [5.41, 5.74) is -2.55. The fourth-order valence-corrected chi connectivity index (χ4v) is 11.1. The number of hydrogen-bond acceptors (Lipinski definition) is 16. The third-order valence-corrected chi connectivity index (χ3v) is 16.2. The average Bonchev–Trinajstić information content (AvgIpc) is 3.31. The molecule has 4 N–H and O–H groups in total. The number of nitrogens with zero attached hydrogens (tertiary/aromatic N) is 3. The smallest absolute Gasteiger partial charge is 0.311 e. The highest BCUT2D eigenvalue weighted by molar-refractivity contribution is 5.73. The Balaban J connectivity index is 1.65. The summed E-state index contributed by atoms with van der Waals surface area (Å²) >= 11 is 0. The second kappa shape index (κ2) is 25.6. The Morgan fingerprint density at radius 3 is 2.24 bits per heavy atom. The average molecular weight is 967 g/mol. The summed E-state index contributed by atoms with van der Waals surface area (Å²) in [6.07, 6.45) is -4.40.